The van der Waals surface area contributed by atoms with Crippen molar-refractivity contribution in [3.8, 4) is 0 Å². The van der Waals surface area contributed by atoms with Gasteiger partial charge >= 0.3 is 0 Å². The first kappa shape index (κ1) is 20.8. The zero-order chi connectivity index (χ0) is 21.6. The summed E-state index contributed by atoms with van der Waals surface area (Å²) in [5.41, 5.74) is 2.60. The van der Waals surface area contributed by atoms with Crippen molar-refractivity contribution >= 4 is 11.8 Å². The van der Waals surface area contributed by atoms with E-state index in [-0.39, 0.29) is 23.5 Å². The highest BCUT2D eigenvalue weighted by atomic mass is 19.1. The molecule has 2 aromatic carbocycles. The first-order chi connectivity index (χ1) is 15.1. The van der Waals surface area contributed by atoms with Gasteiger partial charge in [0, 0.05) is 37.6 Å². The highest BCUT2D eigenvalue weighted by molar-refractivity contribution is 5.94. The number of amides is 2. The molecule has 1 N–H and O–H groups in total. The number of aromatic nitrogens is 2. The lowest BCUT2D eigenvalue weighted by molar-refractivity contribution is -0.126. The van der Waals surface area contributed by atoms with Crippen molar-refractivity contribution in [3.63, 3.8) is 0 Å². The molecule has 0 radical (unpaired) electrons. The van der Waals surface area contributed by atoms with Gasteiger partial charge in [-0.2, -0.15) is 5.10 Å². The lowest BCUT2D eigenvalue weighted by atomic mass is 9.96. The Balaban J connectivity index is 1.29. The van der Waals surface area contributed by atoms with Crippen LogP contribution in [0.4, 0.5) is 4.39 Å². The smallest absolute Gasteiger partial charge is 0.253 e. The Morgan fingerprint density at radius 2 is 1.81 bits per heavy atom. The molecule has 1 aliphatic heterocycles. The zero-order valence-corrected chi connectivity index (χ0v) is 17.2. The fourth-order valence-electron chi connectivity index (χ4n) is 3.83. The van der Waals surface area contributed by atoms with Crippen LogP contribution in [-0.2, 0) is 17.9 Å². The molecule has 0 saturated carbocycles. The van der Waals surface area contributed by atoms with Gasteiger partial charge in [-0.1, -0.05) is 24.3 Å². The third kappa shape index (κ3) is 5.36. The van der Waals surface area contributed by atoms with Crippen molar-refractivity contribution in [3.05, 3.63) is 89.5 Å². The number of piperidine rings is 1. The van der Waals surface area contributed by atoms with E-state index in [1.165, 1.54) is 24.3 Å². The minimum Gasteiger partial charge on any atom is -0.352 e. The second-order valence-electron chi connectivity index (χ2n) is 7.84. The predicted octanol–water partition coefficient (Wildman–Crippen LogP) is 3.24. The topological polar surface area (TPSA) is 67.2 Å². The Kier molecular flexibility index (Phi) is 6.40. The molecule has 1 atom stereocenters. The first-order valence-electron chi connectivity index (χ1n) is 10.5. The maximum Gasteiger partial charge on any atom is 0.253 e. The van der Waals surface area contributed by atoms with E-state index in [9.17, 15) is 14.0 Å². The van der Waals surface area contributed by atoms with E-state index in [0.29, 0.717) is 31.7 Å². The predicted molar refractivity (Wildman–Crippen MR) is 115 cm³/mol. The normalized spacial score (nSPS) is 16.2. The molecule has 2 heterocycles. The molecule has 3 aromatic rings. The summed E-state index contributed by atoms with van der Waals surface area (Å²) in [7, 11) is 0. The summed E-state index contributed by atoms with van der Waals surface area (Å²) in [4.78, 5) is 27.0. The molecule has 31 heavy (non-hydrogen) atoms. The van der Waals surface area contributed by atoms with Crippen LogP contribution in [0.25, 0.3) is 0 Å². The Bertz CT molecular complexity index is 1020. The Morgan fingerprint density at radius 1 is 1.06 bits per heavy atom. The van der Waals surface area contributed by atoms with Gasteiger partial charge in [0.1, 0.15) is 5.82 Å². The Labute approximate surface area is 180 Å². The van der Waals surface area contributed by atoms with Crippen molar-refractivity contribution in [1.29, 1.82) is 0 Å². The van der Waals surface area contributed by atoms with Crippen LogP contribution in [0.5, 0.6) is 0 Å². The molecule has 0 bridgehead atoms. The third-order valence-corrected chi connectivity index (χ3v) is 5.56. The van der Waals surface area contributed by atoms with E-state index in [1.807, 2.05) is 41.2 Å². The average Bonchev–Trinajstić information content (AvgIpc) is 3.31. The van der Waals surface area contributed by atoms with E-state index in [1.54, 1.807) is 11.1 Å². The zero-order valence-electron chi connectivity index (χ0n) is 17.2. The lowest BCUT2D eigenvalue weighted by Gasteiger charge is -2.32. The maximum absolute atomic E-state index is 13.1. The van der Waals surface area contributed by atoms with Gasteiger partial charge in [0.2, 0.25) is 5.91 Å². The van der Waals surface area contributed by atoms with Crippen molar-refractivity contribution in [2.24, 2.45) is 5.92 Å². The summed E-state index contributed by atoms with van der Waals surface area (Å²) in [6.07, 6.45) is 5.20. The van der Waals surface area contributed by atoms with Gasteiger partial charge in [0.15, 0.2) is 0 Å². The fraction of sp³-hybridized carbons (Fsp3) is 0.292. The highest BCUT2D eigenvalue weighted by Crippen LogP contribution is 2.19. The van der Waals surface area contributed by atoms with Crippen molar-refractivity contribution in [2.45, 2.75) is 25.9 Å². The Morgan fingerprint density at radius 3 is 2.52 bits per heavy atom. The van der Waals surface area contributed by atoms with E-state index in [4.69, 9.17) is 0 Å². The van der Waals surface area contributed by atoms with Gasteiger partial charge in [-0.25, -0.2) is 4.39 Å². The largest absolute Gasteiger partial charge is 0.352 e. The van der Waals surface area contributed by atoms with Crippen LogP contribution in [0.3, 0.4) is 0 Å². The summed E-state index contributed by atoms with van der Waals surface area (Å²) in [5.74, 6) is -0.818. The van der Waals surface area contributed by atoms with Crippen LogP contribution in [0.2, 0.25) is 0 Å². The molecular weight excluding hydrogens is 395 g/mol. The van der Waals surface area contributed by atoms with Crippen LogP contribution < -0.4 is 5.32 Å². The SMILES string of the molecule is O=C(NCc1ccc(Cn2cccn2)cc1)[C@@H]1CCCN(C(=O)c2ccc(F)cc2)C1. The summed E-state index contributed by atoms with van der Waals surface area (Å²) < 4.78 is 15.0. The molecule has 1 saturated heterocycles. The van der Waals surface area contributed by atoms with Crippen molar-refractivity contribution in [1.82, 2.24) is 20.0 Å². The standard InChI is InChI=1S/C24H25FN4O2/c25-22-10-8-20(9-11-22)24(31)28-13-1-3-21(17-28)23(30)26-15-18-4-6-19(7-5-18)16-29-14-2-12-27-29/h2,4-12,14,21H,1,3,13,15-17H2,(H,26,30)/t21-/m1/s1. The van der Waals surface area contributed by atoms with Crippen LogP contribution >= 0.6 is 0 Å². The molecule has 1 aromatic heterocycles. The molecule has 1 fully saturated rings. The van der Waals surface area contributed by atoms with E-state index >= 15 is 0 Å². The molecular formula is C24H25FN4O2. The number of carbonyl (C=O) groups excluding carboxylic acids is 2. The molecule has 1 aliphatic rings. The number of benzene rings is 2. The minimum atomic E-state index is -0.373. The first-order valence-corrected chi connectivity index (χ1v) is 10.5. The van der Waals surface area contributed by atoms with Gasteiger partial charge in [-0.3, -0.25) is 14.3 Å². The summed E-state index contributed by atoms with van der Waals surface area (Å²) in [6.45, 7) is 2.14. The number of hydrogen-bond acceptors (Lipinski definition) is 3. The quantitative estimate of drug-likeness (QED) is 0.666. The molecule has 0 unspecified atom stereocenters. The fourth-order valence-corrected chi connectivity index (χ4v) is 3.83. The molecule has 0 aliphatic carbocycles. The number of rotatable bonds is 6. The molecule has 6 nitrogen and oxygen atoms in total. The van der Waals surface area contributed by atoms with E-state index < -0.39 is 0 Å². The van der Waals surface area contributed by atoms with Gasteiger partial charge in [0.05, 0.1) is 12.5 Å². The van der Waals surface area contributed by atoms with Crippen LogP contribution in [0.1, 0.15) is 34.3 Å². The second kappa shape index (κ2) is 9.55. The van der Waals surface area contributed by atoms with E-state index in [0.717, 1.165) is 24.0 Å². The number of hydrogen-bond donors (Lipinski definition) is 1. The number of nitrogens with zero attached hydrogens (tertiary/aromatic N) is 3. The van der Waals surface area contributed by atoms with Gasteiger partial charge in [-0.05, 0) is 54.3 Å². The number of carbonyl (C=O) groups is 2. The van der Waals surface area contributed by atoms with E-state index in [2.05, 4.69) is 10.4 Å². The highest BCUT2D eigenvalue weighted by Gasteiger charge is 2.28. The Hall–Kier alpha value is -3.48. The molecule has 0 spiro atoms. The maximum atomic E-state index is 13.1. The number of nitrogens with one attached hydrogen (secondary N) is 1. The minimum absolute atomic E-state index is 0.0442. The van der Waals surface area contributed by atoms with Crippen LogP contribution in [0.15, 0.2) is 67.0 Å². The number of likely N-dealkylation sites (tertiary alicyclic amines) is 1. The second-order valence-corrected chi connectivity index (χ2v) is 7.84. The summed E-state index contributed by atoms with van der Waals surface area (Å²) in [5, 5.41) is 7.20. The van der Waals surface area contributed by atoms with Gasteiger partial charge in [0.25, 0.3) is 5.91 Å². The van der Waals surface area contributed by atoms with Crippen LogP contribution in [-0.4, -0.2) is 39.6 Å². The average molecular weight is 420 g/mol. The lowest BCUT2D eigenvalue weighted by Crippen LogP contribution is -2.45. The number of halogens is 1. The summed E-state index contributed by atoms with van der Waals surface area (Å²) >= 11 is 0. The van der Waals surface area contributed by atoms with Gasteiger partial charge in [-0.15, -0.1) is 0 Å². The monoisotopic (exact) mass is 420 g/mol. The molecule has 160 valence electrons. The third-order valence-electron chi connectivity index (χ3n) is 5.56. The molecule has 7 heteroatoms. The van der Waals surface area contributed by atoms with Gasteiger partial charge < -0.3 is 10.2 Å². The van der Waals surface area contributed by atoms with Crippen molar-refractivity contribution in [2.75, 3.05) is 13.1 Å². The molecule has 4 rings (SSSR count). The summed E-state index contributed by atoms with van der Waals surface area (Å²) in [6, 6.07) is 15.5. The van der Waals surface area contributed by atoms with Crippen LogP contribution in [0, 0.1) is 11.7 Å². The molecule has 2 amide bonds. The van der Waals surface area contributed by atoms with Crippen molar-refractivity contribution < 1.29 is 14.0 Å².